The van der Waals surface area contributed by atoms with Crippen LogP contribution < -0.4 is 11.1 Å². The Bertz CT molecular complexity index is 386. The summed E-state index contributed by atoms with van der Waals surface area (Å²) in [7, 11) is 0. The normalized spacial score (nSPS) is 21.1. The number of amides is 1. The molecule has 1 aromatic heterocycles. The maximum Gasteiger partial charge on any atom is 0.220 e. The standard InChI is InChI=1S/C9H11BrN4O/c10-8-9(11)13-4-6(14-8)5-1-2-7(15)12-3-5/h4-5H,1-3H2,(H2,11,13)(H,12,15). The van der Waals surface area contributed by atoms with Gasteiger partial charge in [-0.3, -0.25) is 4.79 Å². The minimum absolute atomic E-state index is 0.105. The third-order valence-corrected chi connectivity index (χ3v) is 3.04. The van der Waals surface area contributed by atoms with Gasteiger partial charge in [-0.1, -0.05) is 0 Å². The molecule has 0 radical (unpaired) electrons. The molecule has 1 aliphatic rings. The second-order valence-corrected chi connectivity index (χ2v) is 4.26. The van der Waals surface area contributed by atoms with Gasteiger partial charge in [-0.2, -0.15) is 0 Å². The van der Waals surface area contributed by atoms with Crippen LogP contribution in [0.5, 0.6) is 0 Å². The summed E-state index contributed by atoms with van der Waals surface area (Å²) < 4.78 is 0.567. The van der Waals surface area contributed by atoms with E-state index < -0.39 is 0 Å². The number of anilines is 1. The lowest BCUT2D eigenvalue weighted by atomic mass is 9.96. The predicted octanol–water partition coefficient (Wildman–Crippen LogP) is 0.815. The van der Waals surface area contributed by atoms with E-state index in [2.05, 4.69) is 31.2 Å². The fraction of sp³-hybridized carbons (Fsp3) is 0.444. The third-order valence-electron chi connectivity index (χ3n) is 2.46. The number of nitrogens with two attached hydrogens (primary N) is 1. The molecule has 0 spiro atoms. The Balaban J connectivity index is 2.16. The van der Waals surface area contributed by atoms with Crippen molar-refractivity contribution in [3.63, 3.8) is 0 Å². The van der Waals surface area contributed by atoms with E-state index in [9.17, 15) is 4.79 Å². The minimum atomic E-state index is 0.105. The van der Waals surface area contributed by atoms with E-state index in [0.29, 0.717) is 23.4 Å². The van der Waals surface area contributed by atoms with E-state index in [4.69, 9.17) is 5.73 Å². The Hall–Kier alpha value is -1.17. The Morgan fingerprint density at radius 1 is 1.60 bits per heavy atom. The molecule has 5 nitrogen and oxygen atoms in total. The van der Waals surface area contributed by atoms with E-state index in [1.165, 1.54) is 0 Å². The minimum Gasteiger partial charge on any atom is -0.381 e. The molecule has 1 amide bonds. The van der Waals surface area contributed by atoms with Crippen molar-refractivity contribution in [1.82, 2.24) is 15.3 Å². The van der Waals surface area contributed by atoms with Crippen molar-refractivity contribution in [3.05, 3.63) is 16.5 Å². The molecule has 2 rings (SSSR count). The van der Waals surface area contributed by atoms with E-state index in [0.717, 1.165) is 12.1 Å². The van der Waals surface area contributed by atoms with Crippen molar-refractivity contribution in [3.8, 4) is 0 Å². The second-order valence-electron chi connectivity index (χ2n) is 3.51. The molecule has 1 unspecified atom stereocenters. The second kappa shape index (κ2) is 4.14. The van der Waals surface area contributed by atoms with Gasteiger partial charge in [-0.05, 0) is 22.4 Å². The maximum absolute atomic E-state index is 11.0. The highest BCUT2D eigenvalue weighted by Crippen LogP contribution is 2.24. The topological polar surface area (TPSA) is 80.9 Å². The highest BCUT2D eigenvalue weighted by molar-refractivity contribution is 9.10. The molecular weight excluding hydrogens is 260 g/mol. The third kappa shape index (κ3) is 2.26. The SMILES string of the molecule is Nc1ncc(C2CCC(=O)NC2)nc1Br. The van der Waals surface area contributed by atoms with E-state index in [1.807, 2.05) is 0 Å². The van der Waals surface area contributed by atoms with E-state index in [1.54, 1.807) is 6.20 Å². The molecule has 0 bridgehead atoms. The molecule has 15 heavy (non-hydrogen) atoms. The number of aromatic nitrogens is 2. The molecule has 1 atom stereocenters. The van der Waals surface area contributed by atoms with Gasteiger partial charge in [-0.25, -0.2) is 9.97 Å². The van der Waals surface area contributed by atoms with Crippen molar-refractivity contribution in [1.29, 1.82) is 0 Å². The van der Waals surface area contributed by atoms with E-state index >= 15 is 0 Å². The average molecular weight is 271 g/mol. The zero-order valence-electron chi connectivity index (χ0n) is 8.03. The van der Waals surface area contributed by atoms with Crippen LogP contribution in [0.4, 0.5) is 5.82 Å². The van der Waals surface area contributed by atoms with Crippen LogP contribution in [0.1, 0.15) is 24.5 Å². The summed E-state index contributed by atoms with van der Waals surface area (Å²) in [4.78, 5) is 19.3. The first-order valence-corrected chi connectivity index (χ1v) is 5.50. The molecule has 80 valence electrons. The number of nitrogens with one attached hydrogen (secondary N) is 1. The molecular formula is C9H11BrN4O. The summed E-state index contributed by atoms with van der Waals surface area (Å²) in [6.07, 6.45) is 3.04. The van der Waals surface area contributed by atoms with Crippen LogP contribution in [-0.4, -0.2) is 22.4 Å². The first-order valence-electron chi connectivity index (χ1n) is 4.71. The fourth-order valence-electron chi connectivity index (χ4n) is 1.57. The van der Waals surface area contributed by atoms with Crippen LogP contribution in [0, 0.1) is 0 Å². The number of rotatable bonds is 1. The first kappa shape index (κ1) is 10.4. The Kier molecular flexibility index (Phi) is 2.86. The molecule has 1 fully saturated rings. The van der Waals surface area contributed by atoms with Gasteiger partial charge in [-0.15, -0.1) is 0 Å². The fourth-order valence-corrected chi connectivity index (χ4v) is 1.88. The smallest absolute Gasteiger partial charge is 0.220 e. The number of hydrogen-bond acceptors (Lipinski definition) is 4. The van der Waals surface area contributed by atoms with Gasteiger partial charge in [0.1, 0.15) is 4.60 Å². The summed E-state index contributed by atoms with van der Waals surface area (Å²) in [5, 5.41) is 2.81. The van der Waals surface area contributed by atoms with Crippen molar-refractivity contribution in [2.45, 2.75) is 18.8 Å². The Morgan fingerprint density at radius 3 is 3.00 bits per heavy atom. The largest absolute Gasteiger partial charge is 0.381 e. The van der Waals surface area contributed by atoms with Crippen molar-refractivity contribution in [2.75, 3.05) is 12.3 Å². The highest BCUT2D eigenvalue weighted by Gasteiger charge is 2.21. The van der Waals surface area contributed by atoms with Gasteiger partial charge in [0.25, 0.3) is 0 Å². The zero-order valence-corrected chi connectivity index (χ0v) is 9.62. The molecule has 2 heterocycles. The van der Waals surface area contributed by atoms with Crippen LogP contribution in [0.25, 0.3) is 0 Å². The van der Waals surface area contributed by atoms with Gasteiger partial charge in [0.15, 0.2) is 5.82 Å². The highest BCUT2D eigenvalue weighted by atomic mass is 79.9. The maximum atomic E-state index is 11.0. The summed E-state index contributed by atoms with van der Waals surface area (Å²) in [5.41, 5.74) is 6.42. The number of hydrogen-bond donors (Lipinski definition) is 2. The lowest BCUT2D eigenvalue weighted by molar-refractivity contribution is -0.122. The number of carbonyl (C=O) groups excluding carboxylic acids is 1. The lowest BCUT2D eigenvalue weighted by Crippen LogP contribution is -2.34. The van der Waals surface area contributed by atoms with E-state index in [-0.39, 0.29) is 11.8 Å². The average Bonchev–Trinajstić information content (AvgIpc) is 2.23. The summed E-state index contributed by atoms with van der Waals surface area (Å²) in [5.74, 6) is 0.736. The van der Waals surface area contributed by atoms with Gasteiger partial charge in [0.05, 0.1) is 11.9 Å². The van der Waals surface area contributed by atoms with Gasteiger partial charge in [0, 0.05) is 18.9 Å². The number of halogens is 1. The summed E-state index contributed by atoms with van der Waals surface area (Å²) >= 11 is 3.24. The summed E-state index contributed by atoms with van der Waals surface area (Å²) in [6.45, 7) is 0.629. The van der Waals surface area contributed by atoms with Crippen LogP contribution in [0.3, 0.4) is 0 Å². The molecule has 3 N–H and O–H groups in total. The van der Waals surface area contributed by atoms with Gasteiger partial charge in [0.2, 0.25) is 5.91 Å². The lowest BCUT2D eigenvalue weighted by Gasteiger charge is -2.21. The zero-order chi connectivity index (χ0) is 10.8. The first-order chi connectivity index (χ1) is 7.16. The molecule has 0 aromatic carbocycles. The number of nitrogens with zero attached hydrogens (tertiary/aromatic N) is 2. The quantitative estimate of drug-likeness (QED) is 0.792. The monoisotopic (exact) mass is 270 g/mol. The molecule has 6 heteroatoms. The van der Waals surface area contributed by atoms with Crippen LogP contribution >= 0.6 is 15.9 Å². The van der Waals surface area contributed by atoms with Crippen molar-refractivity contribution in [2.24, 2.45) is 0 Å². The number of nitrogen functional groups attached to an aromatic ring is 1. The molecule has 0 saturated carbocycles. The van der Waals surface area contributed by atoms with Gasteiger partial charge >= 0.3 is 0 Å². The molecule has 1 saturated heterocycles. The van der Waals surface area contributed by atoms with Crippen LogP contribution in [0.2, 0.25) is 0 Å². The van der Waals surface area contributed by atoms with Crippen LogP contribution in [0.15, 0.2) is 10.8 Å². The van der Waals surface area contributed by atoms with Crippen LogP contribution in [-0.2, 0) is 4.79 Å². The Morgan fingerprint density at radius 2 is 2.40 bits per heavy atom. The molecule has 1 aromatic rings. The van der Waals surface area contributed by atoms with Crippen molar-refractivity contribution >= 4 is 27.7 Å². The van der Waals surface area contributed by atoms with Gasteiger partial charge < -0.3 is 11.1 Å². The molecule has 0 aliphatic carbocycles. The van der Waals surface area contributed by atoms with Crippen molar-refractivity contribution < 1.29 is 4.79 Å². The summed E-state index contributed by atoms with van der Waals surface area (Å²) in [6, 6.07) is 0. The predicted molar refractivity (Wildman–Crippen MR) is 59.1 cm³/mol. The Labute approximate surface area is 95.6 Å². The molecule has 1 aliphatic heterocycles. The number of carbonyl (C=O) groups is 1. The number of piperidine rings is 1.